The van der Waals surface area contributed by atoms with Crippen LogP contribution in [0.3, 0.4) is 0 Å². The van der Waals surface area contributed by atoms with Crippen molar-refractivity contribution >= 4 is 11.9 Å². The van der Waals surface area contributed by atoms with E-state index in [-0.39, 0.29) is 41.5 Å². The van der Waals surface area contributed by atoms with Gasteiger partial charge in [-0.1, -0.05) is 24.3 Å². The monoisotopic (exact) mass is 396 g/mol. The quantitative estimate of drug-likeness (QED) is 0.366. The van der Waals surface area contributed by atoms with E-state index in [0.717, 1.165) is 5.56 Å². The van der Waals surface area contributed by atoms with Crippen molar-refractivity contribution in [2.45, 2.75) is 18.9 Å². The van der Waals surface area contributed by atoms with E-state index in [1.165, 1.54) is 13.2 Å². The number of aromatic carboxylic acids is 1. The fourth-order valence-corrected chi connectivity index (χ4v) is 2.40. The second-order valence-electron chi connectivity index (χ2n) is 5.74. The second kappa shape index (κ2) is 12.4. The Morgan fingerprint density at radius 2 is 1.68 bits per heavy atom. The molecule has 0 aromatic heterocycles. The minimum atomic E-state index is -1.25. The van der Waals surface area contributed by atoms with E-state index in [4.69, 9.17) is 19.3 Å². The third-order valence-corrected chi connectivity index (χ3v) is 3.82. The van der Waals surface area contributed by atoms with E-state index in [0.29, 0.717) is 31.1 Å². The third kappa shape index (κ3) is 7.52. The molecule has 0 saturated carbocycles. The molecule has 0 radical (unpaired) electrons. The van der Waals surface area contributed by atoms with Gasteiger partial charge in [0.25, 0.3) is 0 Å². The van der Waals surface area contributed by atoms with Crippen molar-refractivity contribution in [2.24, 2.45) is 0 Å². The number of methoxy groups -OCH3 is 1. The van der Waals surface area contributed by atoms with Gasteiger partial charge in [0.1, 0.15) is 23.2 Å². The first kappa shape index (κ1) is 24.0. The summed E-state index contributed by atoms with van der Waals surface area (Å²) in [6, 6.07) is 13.5. The SMILES string of the molecule is CO[C@@H](Cc1ccc(OCCCOc2ccccc2C(=O)O)cc1)C(=O)[O-].[Na+]. The first-order valence-electron chi connectivity index (χ1n) is 8.41. The minimum Gasteiger partial charge on any atom is -0.547 e. The topological polar surface area (TPSA) is 105 Å². The number of rotatable bonds is 11. The molecular formula is C20H21NaO7. The van der Waals surface area contributed by atoms with Crippen LogP contribution < -0.4 is 44.1 Å². The van der Waals surface area contributed by atoms with Crippen LogP contribution in [0.1, 0.15) is 22.3 Å². The predicted octanol–water partition coefficient (Wildman–Crippen LogP) is -1.46. The van der Waals surface area contributed by atoms with Gasteiger partial charge in [0, 0.05) is 20.0 Å². The molecule has 1 atom stereocenters. The van der Waals surface area contributed by atoms with Crippen molar-refractivity contribution in [1.82, 2.24) is 0 Å². The zero-order valence-electron chi connectivity index (χ0n) is 15.9. The number of benzene rings is 2. The average Bonchev–Trinajstić information content (AvgIpc) is 2.66. The Balaban J connectivity index is 0.00000392. The van der Waals surface area contributed by atoms with Gasteiger partial charge in [0.05, 0.1) is 19.2 Å². The zero-order chi connectivity index (χ0) is 19.6. The molecular weight excluding hydrogens is 375 g/mol. The van der Waals surface area contributed by atoms with Gasteiger partial charge in [-0.05, 0) is 29.8 Å². The maximum Gasteiger partial charge on any atom is 1.00 e. The van der Waals surface area contributed by atoms with E-state index in [9.17, 15) is 14.7 Å². The summed E-state index contributed by atoms with van der Waals surface area (Å²) in [5.41, 5.74) is 0.923. The molecule has 7 nitrogen and oxygen atoms in total. The Labute approximate surface area is 185 Å². The number of ether oxygens (including phenoxy) is 3. The van der Waals surface area contributed by atoms with Gasteiger partial charge < -0.3 is 29.2 Å². The van der Waals surface area contributed by atoms with Crippen LogP contribution in [0.5, 0.6) is 11.5 Å². The maximum atomic E-state index is 11.1. The van der Waals surface area contributed by atoms with E-state index >= 15 is 0 Å². The Morgan fingerprint density at radius 1 is 1.04 bits per heavy atom. The van der Waals surface area contributed by atoms with E-state index < -0.39 is 18.0 Å². The minimum absolute atomic E-state index is 0. The van der Waals surface area contributed by atoms with E-state index in [2.05, 4.69) is 0 Å². The van der Waals surface area contributed by atoms with Crippen molar-refractivity contribution in [2.75, 3.05) is 20.3 Å². The zero-order valence-corrected chi connectivity index (χ0v) is 17.9. The van der Waals surface area contributed by atoms with Crippen molar-refractivity contribution in [3.05, 3.63) is 59.7 Å². The van der Waals surface area contributed by atoms with Gasteiger partial charge in [-0.15, -0.1) is 0 Å². The smallest absolute Gasteiger partial charge is 0.547 e. The molecule has 0 aliphatic heterocycles. The molecule has 0 bridgehead atoms. The van der Waals surface area contributed by atoms with Crippen molar-refractivity contribution in [3.8, 4) is 11.5 Å². The molecule has 2 aromatic carbocycles. The Bertz CT molecular complexity index is 761. The number of para-hydroxylation sites is 1. The molecule has 0 aliphatic rings. The number of carboxylic acid groups (broad SMARTS) is 2. The number of aliphatic carboxylic acids is 1. The van der Waals surface area contributed by atoms with E-state index in [1.807, 2.05) is 0 Å². The largest absolute Gasteiger partial charge is 1.00 e. The molecule has 144 valence electrons. The van der Waals surface area contributed by atoms with Gasteiger partial charge >= 0.3 is 35.5 Å². The summed E-state index contributed by atoms with van der Waals surface area (Å²) in [6.45, 7) is 0.720. The standard InChI is InChI=1S/C20H22O7.Na/c1-25-18(20(23)24)13-14-7-9-15(10-8-14)26-11-4-12-27-17-6-3-2-5-16(17)19(21)22;/h2-3,5-10,18H,4,11-13H2,1H3,(H,21,22)(H,23,24);/q;+1/p-1/t18-;/m0./s1. The summed E-state index contributed by atoms with van der Waals surface area (Å²) in [7, 11) is 1.33. The first-order chi connectivity index (χ1) is 13.0. The van der Waals surface area contributed by atoms with Gasteiger partial charge in [-0.2, -0.15) is 0 Å². The maximum absolute atomic E-state index is 11.1. The average molecular weight is 396 g/mol. The summed E-state index contributed by atoms with van der Waals surface area (Å²) < 4.78 is 16.0. The molecule has 0 saturated heterocycles. The Kier molecular flexibility index (Phi) is 10.6. The van der Waals surface area contributed by atoms with Crippen LogP contribution >= 0.6 is 0 Å². The molecule has 0 unspecified atom stereocenters. The van der Waals surface area contributed by atoms with E-state index in [1.54, 1.807) is 42.5 Å². The molecule has 2 rings (SSSR count). The van der Waals surface area contributed by atoms with Crippen LogP contribution in [0.25, 0.3) is 0 Å². The number of carbonyl (C=O) groups is 2. The fraction of sp³-hybridized carbons (Fsp3) is 0.300. The molecule has 0 heterocycles. The van der Waals surface area contributed by atoms with Gasteiger partial charge in [0.2, 0.25) is 0 Å². The summed E-state index contributed by atoms with van der Waals surface area (Å²) >= 11 is 0. The molecule has 8 heteroatoms. The third-order valence-electron chi connectivity index (χ3n) is 3.82. The summed E-state index contributed by atoms with van der Waals surface area (Å²) in [5, 5.41) is 20.0. The number of hydrogen-bond donors (Lipinski definition) is 1. The van der Waals surface area contributed by atoms with Gasteiger partial charge in [-0.25, -0.2) is 4.79 Å². The van der Waals surface area contributed by atoms with Crippen molar-refractivity contribution in [1.29, 1.82) is 0 Å². The summed E-state index contributed by atoms with van der Waals surface area (Å²) in [5.74, 6) is -1.30. The van der Waals surface area contributed by atoms with Crippen molar-refractivity contribution in [3.63, 3.8) is 0 Å². The van der Waals surface area contributed by atoms with Gasteiger partial charge in [-0.3, -0.25) is 0 Å². The molecule has 0 spiro atoms. The van der Waals surface area contributed by atoms with Crippen LogP contribution in [-0.4, -0.2) is 43.5 Å². The van der Waals surface area contributed by atoms with Crippen LogP contribution in [0.15, 0.2) is 48.5 Å². The normalized spacial score (nSPS) is 11.2. The van der Waals surface area contributed by atoms with Crippen LogP contribution in [-0.2, 0) is 16.0 Å². The first-order valence-corrected chi connectivity index (χ1v) is 8.41. The molecule has 0 amide bonds. The fourth-order valence-electron chi connectivity index (χ4n) is 2.40. The summed E-state index contributed by atoms with van der Waals surface area (Å²) in [4.78, 5) is 22.0. The Hall–Kier alpha value is -2.06. The number of carboxylic acids is 2. The van der Waals surface area contributed by atoms with Crippen LogP contribution in [0.2, 0.25) is 0 Å². The molecule has 0 fully saturated rings. The Morgan fingerprint density at radius 3 is 2.29 bits per heavy atom. The molecule has 2 aromatic rings. The van der Waals surface area contributed by atoms with Crippen LogP contribution in [0.4, 0.5) is 0 Å². The summed E-state index contributed by atoms with van der Waals surface area (Å²) in [6.07, 6.45) is -0.190. The van der Waals surface area contributed by atoms with Gasteiger partial charge in [0.15, 0.2) is 0 Å². The van der Waals surface area contributed by atoms with Crippen molar-refractivity contribution < 1.29 is 63.6 Å². The number of hydrogen-bond acceptors (Lipinski definition) is 6. The molecule has 0 aliphatic carbocycles. The number of carbonyl (C=O) groups excluding carboxylic acids is 1. The van der Waals surface area contributed by atoms with Crippen LogP contribution in [0, 0.1) is 0 Å². The molecule has 28 heavy (non-hydrogen) atoms. The second-order valence-corrected chi connectivity index (χ2v) is 5.74. The predicted molar refractivity (Wildman–Crippen MR) is 95.0 cm³/mol. The molecule has 1 N–H and O–H groups in total.